The van der Waals surface area contributed by atoms with Gasteiger partial charge < -0.3 is 5.32 Å². The van der Waals surface area contributed by atoms with Crippen molar-refractivity contribution >= 4 is 5.95 Å². The van der Waals surface area contributed by atoms with Crippen molar-refractivity contribution in [3.05, 3.63) is 48.3 Å². The lowest BCUT2D eigenvalue weighted by molar-refractivity contribution is 0.931. The van der Waals surface area contributed by atoms with E-state index in [-0.39, 0.29) is 0 Å². The number of rotatable bonds is 4. The number of aryl methyl sites for hydroxylation is 1. The monoisotopic (exact) mass is 267 g/mol. The fourth-order valence-electron chi connectivity index (χ4n) is 1.70. The predicted molar refractivity (Wildman–Crippen MR) is 73.7 cm³/mol. The van der Waals surface area contributed by atoms with Crippen LogP contribution < -0.4 is 5.32 Å². The second-order valence-electron chi connectivity index (χ2n) is 4.22. The van der Waals surface area contributed by atoms with E-state index in [1.165, 1.54) is 0 Å². The van der Waals surface area contributed by atoms with E-state index in [1.807, 2.05) is 25.1 Å². The molecule has 0 atom stereocenters. The Hall–Kier alpha value is -2.83. The van der Waals surface area contributed by atoms with Gasteiger partial charge in [0.15, 0.2) is 5.82 Å². The standard InChI is InChI=1S/C13H13N7/c1-9-2-7-15-13(17-9)16-8-11-18-12(20-19-11)10-3-5-14-6-4-10/h2-7H,8H2,1H3,(H,15,16,17)(H,18,19,20). The summed E-state index contributed by atoms with van der Waals surface area (Å²) >= 11 is 0. The van der Waals surface area contributed by atoms with Crippen molar-refractivity contribution in [3.63, 3.8) is 0 Å². The van der Waals surface area contributed by atoms with Crippen LogP contribution in [0.25, 0.3) is 11.4 Å². The summed E-state index contributed by atoms with van der Waals surface area (Å²) in [6.45, 7) is 2.41. The summed E-state index contributed by atoms with van der Waals surface area (Å²) in [6.07, 6.45) is 5.14. The van der Waals surface area contributed by atoms with Crippen LogP contribution in [0.1, 0.15) is 11.5 Å². The molecule has 0 bridgehead atoms. The molecule has 0 aromatic carbocycles. The average molecular weight is 267 g/mol. The third-order valence-electron chi connectivity index (χ3n) is 2.68. The summed E-state index contributed by atoms with van der Waals surface area (Å²) in [6, 6.07) is 5.58. The largest absolute Gasteiger partial charge is 0.347 e. The summed E-state index contributed by atoms with van der Waals surface area (Å²) in [7, 11) is 0. The molecule has 0 radical (unpaired) electrons. The lowest BCUT2D eigenvalue weighted by atomic mass is 10.2. The van der Waals surface area contributed by atoms with E-state index in [9.17, 15) is 0 Å². The van der Waals surface area contributed by atoms with Crippen LogP contribution in [0.4, 0.5) is 5.95 Å². The second kappa shape index (κ2) is 5.43. The molecule has 0 aliphatic heterocycles. The van der Waals surface area contributed by atoms with E-state index in [1.54, 1.807) is 18.6 Å². The maximum atomic E-state index is 4.41. The van der Waals surface area contributed by atoms with Crippen LogP contribution in [0, 0.1) is 6.92 Å². The summed E-state index contributed by atoms with van der Waals surface area (Å²) in [5.74, 6) is 1.95. The first kappa shape index (κ1) is 12.2. The van der Waals surface area contributed by atoms with Crippen molar-refractivity contribution in [1.29, 1.82) is 0 Å². The zero-order valence-electron chi connectivity index (χ0n) is 10.9. The van der Waals surface area contributed by atoms with E-state index in [0.717, 1.165) is 17.1 Å². The van der Waals surface area contributed by atoms with Crippen LogP contribution in [0.3, 0.4) is 0 Å². The van der Waals surface area contributed by atoms with Gasteiger partial charge in [-0.3, -0.25) is 10.1 Å². The molecular weight excluding hydrogens is 254 g/mol. The Bertz CT molecular complexity index is 693. The number of anilines is 1. The molecule has 0 aliphatic rings. The molecule has 0 saturated carbocycles. The van der Waals surface area contributed by atoms with Crippen LogP contribution in [0.2, 0.25) is 0 Å². The molecular formula is C13H13N7. The molecule has 0 amide bonds. The zero-order chi connectivity index (χ0) is 13.8. The van der Waals surface area contributed by atoms with Gasteiger partial charge in [0, 0.05) is 29.8 Å². The van der Waals surface area contributed by atoms with Crippen LogP contribution in [0.5, 0.6) is 0 Å². The van der Waals surface area contributed by atoms with Crippen molar-refractivity contribution < 1.29 is 0 Å². The topological polar surface area (TPSA) is 92.3 Å². The van der Waals surface area contributed by atoms with E-state index in [2.05, 4.69) is 35.5 Å². The molecule has 0 unspecified atom stereocenters. The van der Waals surface area contributed by atoms with Gasteiger partial charge in [-0.15, -0.1) is 0 Å². The van der Waals surface area contributed by atoms with Gasteiger partial charge in [-0.25, -0.2) is 15.0 Å². The minimum Gasteiger partial charge on any atom is -0.347 e. The minimum atomic E-state index is 0.488. The van der Waals surface area contributed by atoms with Gasteiger partial charge >= 0.3 is 0 Å². The first-order valence-electron chi connectivity index (χ1n) is 6.16. The summed E-state index contributed by atoms with van der Waals surface area (Å²) < 4.78 is 0. The van der Waals surface area contributed by atoms with E-state index in [0.29, 0.717) is 18.3 Å². The van der Waals surface area contributed by atoms with Gasteiger partial charge in [0.1, 0.15) is 5.82 Å². The number of H-pyrrole nitrogens is 1. The third-order valence-corrected chi connectivity index (χ3v) is 2.68. The molecule has 3 rings (SSSR count). The molecule has 2 N–H and O–H groups in total. The fourth-order valence-corrected chi connectivity index (χ4v) is 1.70. The SMILES string of the molecule is Cc1ccnc(NCc2nc(-c3ccncc3)n[nH]2)n1. The van der Waals surface area contributed by atoms with Crippen molar-refractivity contribution in [1.82, 2.24) is 30.1 Å². The summed E-state index contributed by atoms with van der Waals surface area (Å²) in [5.41, 5.74) is 1.84. The lowest BCUT2D eigenvalue weighted by Gasteiger charge is -2.01. The van der Waals surface area contributed by atoms with Crippen LogP contribution in [0.15, 0.2) is 36.8 Å². The highest BCUT2D eigenvalue weighted by Crippen LogP contribution is 2.12. The molecule has 7 heteroatoms. The number of nitrogens with zero attached hydrogens (tertiary/aromatic N) is 5. The number of nitrogens with one attached hydrogen (secondary N) is 2. The van der Waals surface area contributed by atoms with Gasteiger partial charge in [-0.05, 0) is 25.1 Å². The van der Waals surface area contributed by atoms with Gasteiger partial charge in [0.05, 0.1) is 6.54 Å². The molecule has 0 fully saturated rings. The number of hydrogen-bond acceptors (Lipinski definition) is 6. The van der Waals surface area contributed by atoms with Gasteiger partial charge in [0.2, 0.25) is 5.95 Å². The predicted octanol–water partition coefficient (Wildman–Crippen LogP) is 1.58. The molecule has 100 valence electrons. The molecule has 0 aliphatic carbocycles. The first-order valence-corrected chi connectivity index (χ1v) is 6.16. The van der Waals surface area contributed by atoms with Crippen molar-refractivity contribution in [3.8, 4) is 11.4 Å². The summed E-state index contributed by atoms with van der Waals surface area (Å²) in [5, 5.41) is 10.2. The van der Waals surface area contributed by atoms with Gasteiger partial charge in [-0.1, -0.05) is 0 Å². The normalized spacial score (nSPS) is 10.4. The Balaban J connectivity index is 1.69. The van der Waals surface area contributed by atoms with Gasteiger partial charge in [-0.2, -0.15) is 5.10 Å². The summed E-state index contributed by atoms with van der Waals surface area (Å²) in [4.78, 5) is 16.8. The second-order valence-corrected chi connectivity index (χ2v) is 4.22. The molecule has 0 saturated heterocycles. The Morgan fingerprint density at radius 2 is 1.95 bits per heavy atom. The Kier molecular flexibility index (Phi) is 3.32. The number of aromatic nitrogens is 6. The number of hydrogen-bond donors (Lipinski definition) is 2. The molecule has 3 aromatic rings. The van der Waals surface area contributed by atoms with E-state index in [4.69, 9.17) is 0 Å². The third kappa shape index (κ3) is 2.77. The molecule has 7 nitrogen and oxygen atoms in total. The lowest BCUT2D eigenvalue weighted by Crippen LogP contribution is -2.05. The van der Waals surface area contributed by atoms with Crippen LogP contribution in [-0.4, -0.2) is 30.1 Å². The van der Waals surface area contributed by atoms with Crippen molar-refractivity contribution in [2.45, 2.75) is 13.5 Å². The van der Waals surface area contributed by atoms with E-state index >= 15 is 0 Å². The Morgan fingerprint density at radius 1 is 1.10 bits per heavy atom. The fraction of sp³-hybridized carbons (Fsp3) is 0.154. The quantitative estimate of drug-likeness (QED) is 0.745. The molecule has 0 spiro atoms. The number of pyridine rings is 1. The Morgan fingerprint density at radius 3 is 2.75 bits per heavy atom. The van der Waals surface area contributed by atoms with Crippen LogP contribution >= 0.6 is 0 Å². The highest BCUT2D eigenvalue weighted by molar-refractivity contribution is 5.52. The maximum Gasteiger partial charge on any atom is 0.223 e. The first-order chi connectivity index (χ1) is 9.81. The zero-order valence-corrected chi connectivity index (χ0v) is 10.9. The molecule has 3 heterocycles. The van der Waals surface area contributed by atoms with Crippen molar-refractivity contribution in [2.75, 3.05) is 5.32 Å². The van der Waals surface area contributed by atoms with Gasteiger partial charge in [0.25, 0.3) is 0 Å². The highest BCUT2D eigenvalue weighted by atomic mass is 15.2. The van der Waals surface area contributed by atoms with Crippen molar-refractivity contribution in [2.24, 2.45) is 0 Å². The number of aromatic amines is 1. The Labute approximate surface area is 115 Å². The molecule has 20 heavy (non-hydrogen) atoms. The smallest absolute Gasteiger partial charge is 0.223 e. The minimum absolute atomic E-state index is 0.488. The highest BCUT2D eigenvalue weighted by Gasteiger charge is 2.05. The average Bonchev–Trinajstić information content (AvgIpc) is 2.95. The van der Waals surface area contributed by atoms with E-state index < -0.39 is 0 Å². The molecule has 3 aromatic heterocycles. The van der Waals surface area contributed by atoms with Crippen LogP contribution in [-0.2, 0) is 6.54 Å². The maximum absolute atomic E-state index is 4.41.